The Labute approximate surface area is 134 Å². The van der Waals surface area contributed by atoms with Crippen molar-refractivity contribution >= 4 is 52.6 Å². The Bertz CT molecular complexity index is 436. The average Bonchev–Trinajstić information content (AvgIpc) is 2.47. The lowest BCUT2D eigenvalue weighted by molar-refractivity contribution is -0.145. The zero-order valence-electron chi connectivity index (χ0n) is 12.4. The number of thiocarbonyl (C=S) groups is 2. The molecule has 0 aromatic heterocycles. The first-order valence-electron chi connectivity index (χ1n) is 6.12. The molecule has 0 saturated heterocycles. The zero-order valence-corrected chi connectivity index (χ0v) is 14.0. The number of ether oxygens (including phenoxy) is 1. The van der Waals surface area contributed by atoms with E-state index in [0.29, 0.717) is 15.9 Å². The number of nitrogens with one attached hydrogen (secondary N) is 4. The molecule has 118 valence electrons. The van der Waals surface area contributed by atoms with Crippen molar-refractivity contribution in [3.8, 4) is 0 Å². The van der Waals surface area contributed by atoms with Crippen molar-refractivity contribution in [2.24, 2.45) is 16.1 Å². The van der Waals surface area contributed by atoms with Gasteiger partial charge in [0.05, 0.1) is 12.1 Å². The third-order valence-electron chi connectivity index (χ3n) is 1.97. The highest BCUT2D eigenvalue weighted by molar-refractivity contribution is 7.80. The average molecular weight is 332 g/mol. The maximum absolute atomic E-state index is 11.4. The summed E-state index contributed by atoms with van der Waals surface area (Å²) in [6.07, 6.45) is 1.38. The van der Waals surface area contributed by atoms with Crippen molar-refractivity contribution in [3.05, 3.63) is 0 Å². The summed E-state index contributed by atoms with van der Waals surface area (Å²) in [5, 5.41) is 13.9. The molecular weight excluding hydrogens is 312 g/mol. The Hall–Kier alpha value is -1.81. The summed E-state index contributed by atoms with van der Waals surface area (Å²) in [4.78, 5) is 11.4. The first kappa shape index (κ1) is 19.2. The monoisotopic (exact) mass is 332 g/mol. The fourth-order valence-electron chi connectivity index (χ4n) is 0.810. The van der Waals surface area contributed by atoms with Gasteiger partial charge in [-0.15, -0.1) is 0 Å². The first-order valence-corrected chi connectivity index (χ1v) is 6.94. The molecule has 0 aromatic rings. The molecule has 4 N–H and O–H groups in total. The van der Waals surface area contributed by atoms with Crippen LogP contribution in [0.2, 0.25) is 0 Å². The molecule has 10 heteroatoms. The maximum atomic E-state index is 11.4. The summed E-state index contributed by atoms with van der Waals surface area (Å²) >= 11 is 9.76. The topological polar surface area (TPSA) is 99.1 Å². The van der Waals surface area contributed by atoms with Gasteiger partial charge in [0.2, 0.25) is 0 Å². The van der Waals surface area contributed by atoms with Gasteiger partial charge < -0.3 is 15.4 Å². The molecule has 0 fully saturated rings. The molecular formula is C11H20N6O2S2. The highest BCUT2D eigenvalue weighted by atomic mass is 32.1. The van der Waals surface area contributed by atoms with Crippen molar-refractivity contribution in [1.82, 2.24) is 21.5 Å². The quantitative estimate of drug-likeness (QED) is 0.228. The molecule has 0 unspecified atom stereocenters. The zero-order chi connectivity index (χ0) is 16.3. The number of rotatable bonds is 6. The highest BCUT2D eigenvalue weighted by Gasteiger charge is 2.09. The van der Waals surface area contributed by atoms with Crippen molar-refractivity contribution in [2.45, 2.75) is 13.8 Å². The molecule has 0 aliphatic carbocycles. The van der Waals surface area contributed by atoms with Crippen LogP contribution in [0.1, 0.15) is 13.8 Å². The predicted molar refractivity (Wildman–Crippen MR) is 91.3 cm³/mol. The Morgan fingerprint density at radius 3 is 2.29 bits per heavy atom. The molecule has 0 amide bonds. The van der Waals surface area contributed by atoms with E-state index >= 15 is 0 Å². The van der Waals surface area contributed by atoms with Gasteiger partial charge in [-0.2, -0.15) is 10.2 Å². The summed E-state index contributed by atoms with van der Waals surface area (Å²) in [6.45, 7) is 3.46. The van der Waals surface area contributed by atoms with Crippen molar-refractivity contribution in [3.63, 3.8) is 0 Å². The van der Waals surface area contributed by atoms with Crippen molar-refractivity contribution < 1.29 is 9.53 Å². The van der Waals surface area contributed by atoms with Gasteiger partial charge in [-0.05, 0) is 24.4 Å². The van der Waals surface area contributed by atoms with Crippen LogP contribution in [-0.4, -0.2) is 48.8 Å². The molecule has 0 aromatic carbocycles. The van der Waals surface area contributed by atoms with E-state index in [2.05, 4.69) is 31.7 Å². The van der Waals surface area contributed by atoms with Crippen LogP contribution >= 0.6 is 24.4 Å². The van der Waals surface area contributed by atoms with Crippen LogP contribution in [0.3, 0.4) is 0 Å². The number of hydrogen-bond donors (Lipinski definition) is 4. The minimum atomic E-state index is -0.328. The lowest BCUT2D eigenvalue weighted by atomic mass is 10.2. The number of nitrogens with zero attached hydrogens (tertiary/aromatic N) is 2. The SMILES string of the molecule is CNC(=S)NN=CC(COC(=O)C(C)C)=NNC(=S)NC. The summed E-state index contributed by atoms with van der Waals surface area (Å²) in [5.74, 6) is -0.546. The number of hydrogen-bond acceptors (Lipinski definition) is 6. The third-order valence-corrected chi connectivity index (χ3v) is 2.56. The van der Waals surface area contributed by atoms with Crippen molar-refractivity contribution in [1.29, 1.82) is 0 Å². The molecule has 21 heavy (non-hydrogen) atoms. The predicted octanol–water partition coefficient (Wildman–Crippen LogP) is -0.285. The molecule has 0 radical (unpaired) electrons. The normalized spacial score (nSPS) is 11.2. The van der Waals surface area contributed by atoms with Crippen LogP contribution in [0.5, 0.6) is 0 Å². The lowest BCUT2D eigenvalue weighted by Gasteiger charge is -2.08. The minimum absolute atomic E-state index is 0.0339. The minimum Gasteiger partial charge on any atom is -0.459 e. The molecule has 0 rings (SSSR count). The van der Waals surface area contributed by atoms with E-state index < -0.39 is 0 Å². The highest BCUT2D eigenvalue weighted by Crippen LogP contribution is 1.95. The number of carbonyl (C=O) groups is 1. The number of carbonyl (C=O) groups excluding carboxylic acids is 1. The second kappa shape index (κ2) is 10.9. The van der Waals surface area contributed by atoms with E-state index in [1.54, 1.807) is 27.9 Å². The Morgan fingerprint density at radius 2 is 1.76 bits per heavy atom. The molecule has 8 nitrogen and oxygen atoms in total. The van der Waals surface area contributed by atoms with Gasteiger partial charge in [0.25, 0.3) is 0 Å². The summed E-state index contributed by atoms with van der Waals surface area (Å²) in [5.41, 5.74) is 5.52. The molecule has 0 heterocycles. The molecule has 0 aliphatic rings. The lowest BCUT2D eigenvalue weighted by Crippen LogP contribution is -2.32. The summed E-state index contributed by atoms with van der Waals surface area (Å²) < 4.78 is 5.07. The molecule has 0 aliphatic heterocycles. The van der Waals surface area contributed by atoms with E-state index in [9.17, 15) is 4.79 Å². The summed E-state index contributed by atoms with van der Waals surface area (Å²) in [7, 11) is 3.32. The molecule has 0 bridgehead atoms. The summed E-state index contributed by atoms with van der Waals surface area (Å²) in [6, 6.07) is 0. The van der Waals surface area contributed by atoms with Crippen LogP contribution in [0.15, 0.2) is 10.2 Å². The van der Waals surface area contributed by atoms with E-state index in [4.69, 9.17) is 29.2 Å². The largest absolute Gasteiger partial charge is 0.459 e. The Balaban J connectivity index is 4.64. The van der Waals surface area contributed by atoms with E-state index in [0.717, 1.165) is 0 Å². The van der Waals surface area contributed by atoms with Crippen LogP contribution in [-0.2, 0) is 9.53 Å². The van der Waals surface area contributed by atoms with E-state index in [1.165, 1.54) is 6.21 Å². The van der Waals surface area contributed by atoms with Crippen LogP contribution < -0.4 is 21.5 Å². The number of esters is 1. The third kappa shape index (κ3) is 9.68. The van der Waals surface area contributed by atoms with Gasteiger partial charge >= 0.3 is 5.97 Å². The second-order valence-corrected chi connectivity index (χ2v) is 4.82. The maximum Gasteiger partial charge on any atom is 0.308 e. The van der Waals surface area contributed by atoms with Gasteiger partial charge in [-0.3, -0.25) is 15.6 Å². The molecule has 0 saturated carbocycles. The van der Waals surface area contributed by atoms with E-state index in [1.807, 2.05) is 0 Å². The number of hydrazone groups is 2. The Kier molecular flexibility index (Phi) is 9.98. The fraction of sp³-hybridized carbons (Fsp3) is 0.545. The van der Waals surface area contributed by atoms with Gasteiger partial charge in [0.15, 0.2) is 10.2 Å². The molecule has 0 spiro atoms. The van der Waals surface area contributed by atoms with Gasteiger partial charge in [0.1, 0.15) is 12.3 Å². The van der Waals surface area contributed by atoms with Gasteiger partial charge in [-0.25, -0.2) is 0 Å². The standard InChI is InChI=1S/C11H20N6O2S2/c1-7(2)9(18)19-6-8(15-17-11(21)13-4)5-14-16-10(20)12-3/h5,7H,6H2,1-4H3,(H2,12,16,20)(H2,13,17,21). The van der Waals surface area contributed by atoms with Crippen LogP contribution in [0, 0.1) is 5.92 Å². The second-order valence-electron chi connectivity index (χ2n) is 4.01. The fourth-order valence-corrected chi connectivity index (χ4v) is 0.908. The smallest absolute Gasteiger partial charge is 0.308 e. The van der Waals surface area contributed by atoms with E-state index in [-0.39, 0.29) is 18.5 Å². The first-order chi connectivity index (χ1) is 9.90. The van der Waals surface area contributed by atoms with Crippen molar-refractivity contribution in [2.75, 3.05) is 20.7 Å². The van der Waals surface area contributed by atoms with Gasteiger partial charge in [-0.1, -0.05) is 13.8 Å². The van der Waals surface area contributed by atoms with Gasteiger partial charge in [0, 0.05) is 14.1 Å². The van der Waals surface area contributed by atoms with Crippen LogP contribution in [0.4, 0.5) is 0 Å². The van der Waals surface area contributed by atoms with Crippen LogP contribution in [0.25, 0.3) is 0 Å². The Morgan fingerprint density at radius 1 is 1.19 bits per heavy atom. The molecule has 0 atom stereocenters.